The third-order valence-corrected chi connectivity index (χ3v) is 4.93. The highest BCUT2D eigenvalue weighted by Crippen LogP contribution is 2.26. The Balaban J connectivity index is 1.52. The van der Waals surface area contributed by atoms with Gasteiger partial charge in [0.25, 0.3) is 5.91 Å². The Kier molecular flexibility index (Phi) is 5.58. The van der Waals surface area contributed by atoms with Crippen LogP contribution in [0.3, 0.4) is 0 Å². The number of nitrogens with zero attached hydrogens (tertiary/aromatic N) is 3. The van der Waals surface area contributed by atoms with Crippen molar-refractivity contribution in [3.63, 3.8) is 0 Å². The third kappa shape index (κ3) is 4.64. The van der Waals surface area contributed by atoms with Gasteiger partial charge in [0.15, 0.2) is 11.8 Å². The van der Waals surface area contributed by atoms with Crippen LogP contribution in [0.5, 0.6) is 5.75 Å². The minimum Gasteiger partial charge on any atom is -0.484 e. The average molecular weight is 368 g/mol. The van der Waals surface area contributed by atoms with E-state index in [1.807, 2.05) is 67.9 Å². The Labute approximate surface area is 156 Å². The van der Waals surface area contributed by atoms with Crippen LogP contribution in [0.2, 0.25) is 0 Å². The van der Waals surface area contributed by atoms with Crippen molar-refractivity contribution in [1.82, 2.24) is 14.8 Å². The number of rotatable bonds is 6. The SMILES string of the molecule is Cc1ccc(OCC(=O)Nc2ccc(Sc3nncn3C)cc2)cc1C. The molecule has 3 aromatic rings. The van der Waals surface area contributed by atoms with Crippen molar-refractivity contribution < 1.29 is 9.53 Å². The lowest BCUT2D eigenvalue weighted by atomic mass is 10.1. The van der Waals surface area contributed by atoms with E-state index in [9.17, 15) is 4.79 Å². The summed E-state index contributed by atoms with van der Waals surface area (Å²) in [5.41, 5.74) is 3.06. The quantitative estimate of drug-likeness (QED) is 0.720. The van der Waals surface area contributed by atoms with E-state index in [4.69, 9.17) is 4.74 Å². The molecule has 7 heteroatoms. The van der Waals surface area contributed by atoms with Gasteiger partial charge in [-0.05, 0) is 73.1 Å². The van der Waals surface area contributed by atoms with Gasteiger partial charge in [0.05, 0.1) is 0 Å². The van der Waals surface area contributed by atoms with Crippen molar-refractivity contribution in [2.75, 3.05) is 11.9 Å². The van der Waals surface area contributed by atoms with E-state index >= 15 is 0 Å². The van der Waals surface area contributed by atoms with Gasteiger partial charge in [0.2, 0.25) is 0 Å². The first-order chi connectivity index (χ1) is 12.5. The smallest absolute Gasteiger partial charge is 0.262 e. The van der Waals surface area contributed by atoms with Gasteiger partial charge in [-0.3, -0.25) is 4.79 Å². The van der Waals surface area contributed by atoms with Crippen molar-refractivity contribution in [3.05, 3.63) is 59.9 Å². The normalized spacial score (nSPS) is 10.6. The second kappa shape index (κ2) is 8.05. The molecule has 0 aliphatic rings. The van der Waals surface area contributed by atoms with Crippen LogP contribution in [0.25, 0.3) is 0 Å². The number of nitrogens with one attached hydrogen (secondary N) is 1. The van der Waals surface area contributed by atoms with Crippen LogP contribution in [-0.4, -0.2) is 27.3 Å². The van der Waals surface area contributed by atoms with Crippen LogP contribution >= 0.6 is 11.8 Å². The molecule has 0 unspecified atom stereocenters. The summed E-state index contributed by atoms with van der Waals surface area (Å²) in [4.78, 5) is 13.1. The summed E-state index contributed by atoms with van der Waals surface area (Å²) in [5.74, 6) is 0.496. The first-order valence-electron chi connectivity index (χ1n) is 8.13. The summed E-state index contributed by atoms with van der Waals surface area (Å²) in [6.07, 6.45) is 1.66. The highest BCUT2D eigenvalue weighted by atomic mass is 32.2. The van der Waals surface area contributed by atoms with E-state index in [1.54, 1.807) is 6.33 Å². The second-order valence-electron chi connectivity index (χ2n) is 5.93. The van der Waals surface area contributed by atoms with E-state index in [0.29, 0.717) is 5.75 Å². The highest BCUT2D eigenvalue weighted by molar-refractivity contribution is 7.99. The maximum Gasteiger partial charge on any atom is 0.262 e. The minimum atomic E-state index is -0.197. The molecular formula is C19H20N4O2S. The summed E-state index contributed by atoms with van der Waals surface area (Å²) < 4.78 is 7.40. The van der Waals surface area contributed by atoms with Crippen molar-refractivity contribution in [2.45, 2.75) is 23.9 Å². The van der Waals surface area contributed by atoms with Crippen LogP contribution < -0.4 is 10.1 Å². The molecule has 0 aliphatic heterocycles. The molecule has 0 saturated heterocycles. The molecule has 0 atom stereocenters. The number of carbonyl (C=O) groups is 1. The summed E-state index contributed by atoms with van der Waals surface area (Å²) in [5, 5.41) is 11.5. The van der Waals surface area contributed by atoms with Crippen molar-refractivity contribution in [3.8, 4) is 5.75 Å². The Morgan fingerprint density at radius 3 is 2.58 bits per heavy atom. The molecule has 0 spiro atoms. The summed E-state index contributed by atoms with van der Waals surface area (Å²) in [6, 6.07) is 13.4. The number of carbonyl (C=O) groups excluding carboxylic acids is 1. The van der Waals surface area contributed by atoms with Gasteiger partial charge < -0.3 is 14.6 Å². The molecule has 0 saturated carbocycles. The lowest BCUT2D eigenvalue weighted by molar-refractivity contribution is -0.118. The Hall–Kier alpha value is -2.80. The highest BCUT2D eigenvalue weighted by Gasteiger charge is 2.07. The molecule has 0 aliphatic carbocycles. The molecule has 1 heterocycles. The largest absolute Gasteiger partial charge is 0.484 e. The van der Waals surface area contributed by atoms with E-state index in [2.05, 4.69) is 15.5 Å². The number of anilines is 1. The number of hydrogen-bond donors (Lipinski definition) is 1. The van der Waals surface area contributed by atoms with Gasteiger partial charge in [-0.25, -0.2) is 0 Å². The fraction of sp³-hybridized carbons (Fsp3) is 0.211. The summed E-state index contributed by atoms with van der Waals surface area (Å²) in [6.45, 7) is 4.03. The fourth-order valence-corrected chi connectivity index (χ4v) is 2.99. The van der Waals surface area contributed by atoms with Crippen LogP contribution in [-0.2, 0) is 11.8 Å². The predicted molar refractivity (Wildman–Crippen MR) is 102 cm³/mol. The second-order valence-corrected chi connectivity index (χ2v) is 6.97. The third-order valence-electron chi connectivity index (χ3n) is 3.87. The van der Waals surface area contributed by atoms with E-state index in [-0.39, 0.29) is 12.5 Å². The number of amides is 1. The Bertz CT molecular complexity index is 906. The number of benzene rings is 2. The van der Waals surface area contributed by atoms with Gasteiger partial charge in [-0.2, -0.15) is 0 Å². The minimum absolute atomic E-state index is 0.0298. The van der Waals surface area contributed by atoms with E-state index in [1.165, 1.54) is 17.3 Å². The van der Waals surface area contributed by atoms with Gasteiger partial charge in [-0.1, -0.05) is 6.07 Å². The maximum atomic E-state index is 12.1. The van der Waals surface area contributed by atoms with Crippen molar-refractivity contribution in [1.29, 1.82) is 0 Å². The topological polar surface area (TPSA) is 69.0 Å². The lowest BCUT2D eigenvalue weighted by Crippen LogP contribution is -2.20. The lowest BCUT2D eigenvalue weighted by Gasteiger charge is -2.09. The summed E-state index contributed by atoms with van der Waals surface area (Å²) >= 11 is 1.51. The van der Waals surface area contributed by atoms with Crippen LogP contribution in [0.4, 0.5) is 5.69 Å². The molecule has 3 rings (SSSR count). The van der Waals surface area contributed by atoms with Crippen LogP contribution in [0.1, 0.15) is 11.1 Å². The molecule has 26 heavy (non-hydrogen) atoms. The fourth-order valence-electron chi connectivity index (χ4n) is 2.23. The zero-order valence-electron chi connectivity index (χ0n) is 14.9. The molecule has 0 fully saturated rings. The maximum absolute atomic E-state index is 12.1. The number of aryl methyl sites for hydroxylation is 3. The van der Waals surface area contributed by atoms with Crippen LogP contribution in [0.15, 0.2) is 58.8 Å². The first kappa shape index (κ1) is 18.0. The molecule has 0 bridgehead atoms. The summed E-state index contributed by atoms with van der Waals surface area (Å²) in [7, 11) is 1.90. The van der Waals surface area contributed by atoms with E-state index < -0.39 is 0 Å². The Morgan fingerprint density at radius 2 is 1.92 bits per heavy atom. The predicted octanol–water partition coefficient (Wildman–Crippen LogP) is 3.60. The molecule has 6 nitrogen and oxygen atoms in total. The monoisotopic (exact) mass is 368 g/mol. The number of aromatic nitrogens is 3. The molecule has 2 aromatic carbocycles. The van der Waals surface area contributed by atoms with Gasteiger partial charge in [0.1, 0.15) is 12.1 Å². The molecule has 0 radical (unpaired) electrons. The van der Waals surface area contributed by atoms with Gasteiger partial charge in [-0.15, -0.1) is 10.2 Å². The Morgan fingerprint density at radius 1 is 1.15 bits per heavy atom. The van der Waals surface area contributed by atoms with Crippen molar-refractivity contribution >= 4 is 23.4 Å². The molecule has 1 aromatic heterocycles. The zero-order chi connectivity index (χ0) is 18.5. The van der Waals surface area contributed by atoms with Crippen molar-refractivity contribution in [2.24, 2.45) is 7.05 Å². The van der Waals surface area contributed by atoms with Gasteiger partial charge in [0, 0.05) is 17.6 Å². The molecular weight excluding hydrogens is 348 g/mol. The average Bonchev–Trinajstić information content (AvgIpc) is 3.02. The molecule has 134 valence electrons. The van der Waals surface area contributed by atoms with Crippen LogP contribution in [0, 0.1) is 13.8 Å². The number of ether oxygens (including phenoxy) is 1. The van der Waals surface area contributed by atoms with E-state index in [0.717, 1.165) is 21.3 Å². The first-order valence-corrected chi connectivity index (χ1v) is 8.95. The standard InChI is InChI=1S/C19H20N4O2S/c1-13-4-7-16(10-14(13)2)25-11-18(24)21-15-5-8-17(9-6-15)26-19-22-20-12-23(19)3/h4-10,12H,11H2,1-3H3,(H,21,24). The molecule has 1 amide bonds. The molecule has 1 N–H and O–H groups in total. The number of hydrogen-bond acceptors (Lipinski definition) is 5. The van der Waals surface area contributed by atoms with Gasteiger partial charge >= 0.3 is 0 Å². The zero-order valence-corrected chi connectivity index (χ0v) is 15.7.